The van der Waals surface area contributed by atoms with Crippen LogP contribution in [-0.4, -0.2) is 98.6 Å². The third-order valence-electron chi connectivity index (χ3n) is 13.0. The summed E-state index contributed by atoms with van der Waals surface area (Å²) in [6.45, 7) is 13.5. The first-order chi connectivity index (χ1) is 29.7. The number of nitrogens with zero attached hydrogens (tertiary/aromatic N) is 4. The van der Waals surface area contributed by atoms with Gasteiger partial charge < -0.3 is 44.8 Å². The summed E-state index contributed by atoms with van der Waals surface area (Å²) in [5.74, 6) is 2.79. The number of H-pyrrole nitrogens is 2. The molecule has 62 heavy (non-hydrogen) atoms. The van der Waals surface area contributed by atoms with Crippen LogP contribution in [0.4, 0.5) is 9.59 Å². The molecule has 0 saturated carbocycles. The molecule has 2 saturated heterocycles. The molecule has 5 heterocycles. The number of imidazole rings is 2. The fourth-order valence-electron chi connectivity index (χ4n) is 9.64. The minimum atomic E-state index is -0.912. The average molecular weight is 847 g/mol. The van der Waals surface area contributed by atoms with Crippen molar-refractivity contribution in [1.29, 1.82) is 0 Å². The third kappa shape index (κ3) is 7.87. The molecule has 15 heteroatoms. The van der Waals surface area contributed by atoms with Crippen LogP contribution in [-0.2, 0) is 19.7 Å². The van der Waals surface area contributed by atoms with Crippen LogP contribution in [0.2, 0.25) is 0 Å². The Kier molecular flexibility index (Phi) is 11.8. The number of nitrogens with one attached hydrogen (secondary N) is 4. The van der Waals surface area contributed by atoms with Crippen molar-refractivity contribution >= 4 is 28.9 Å². The molecule has 15 nitrogen and oxygen atoms in total. The van der Waals surface area contributed by atoms with Gasteiger partial charge in [0.1, 0.15) is 35.4 Å². The zero-order valence-electron chi connectivity index (χ0n) is 36.7. The number of hydrogen-bond acceptors (Lipinski definition) is 10. The highest BCUT2D eigenvalue weighted by atomic mass is 16.5. The third-order valence-corrected chi connectivity index (χ3v) is 13.0. The summed E-state index contributed by atoms with van der Waals surface area (Å²) in [4.78, 5) is 58.2. The number of hydrogen-bond donors (Lipinski definition) is 5. The Hall–Kier alpha value is -5.93. The van der Waals surface area contributed by atoms with Crippen LogP contribution in [0.15, 0.2) is 60.9 Å². The summed E-state index contributed by atoms with van der Waals surface area (Å²) in [7, 11) is 2.61. The van der Waals surface area contributed by atoms with Gasteiger partial charge in [0.25, 0.3) is 0 Å². The maximum Gasteiger partial charge on any atom is 0.407 e. The molecule has 3 aliphatic heterocycles. The Morgan fingerprint density at radius 3 is 2.11 bits per heavy atom. The zero-order chi connectivity index (χ0) is 44.0. The van der Waals surface area contributed by atoms with Gasteiger partial charge in [-0.2, -0.15) is 0 Å². The van der Waals surface area contributed by atoms with Crippen molar-refractivity contribution in [3.63, 3.8) is 0 Å². The lowest BCUT2D eigenvalue weighted by Crippen LogP contribution is -2.54. The molecular weight excluding hydrogens is 789 g/mol. The molecular formula is C47H58N8O7. The lowest BCUT2D eigenvalue weighted by atomic mass is 9.73. The van der Waals surface area contributed by atoms with Gasteiger partial charge in [-0.25, -0.2) is 19.6 Å². The highest BCUT2D eigenvalue weighted by Crippen LogP contribution is 2.51. The van der Waals surface area contributed by atoms with E-state index in [1.807, 2.05) is 56.0 Å². The van der Waals surface area contributed by atoms with E-state index in [2.05, 4.69) is 76.9 Å². The highest BCUT2D eigenvalue weighted by molar-refractivity contribution is 5.93. The zero-order valence-corrected chi connectivity index (χ0v) is 36.7. The van der Waals surface area contributed by atoms with E-state index >= 15 is 0 Å². The van der Waals surface area contributed by atoms with Gasteiger partial charge in [0.2, 0.25) is 5.91 Å². The molecule has 8 rings (SSSR count). The van der Waals surface area contributed by atoms with Crippen LogP contribution >= 0.6 is 0 Å². The van der Waals surface area contributed by atoms with Crippen molar-refractivity contribution in [2.24, 2.45) is 11.8 Å². The summed E-state index contributed by atoms with van der Waals surface area (Å²) in [5, 5.41) is 19.1. The van der Waals surface area contributed by atoms with E-state index in [-0.39, 0.29) is 35.2 Å². The fourth-order valence-corrected chi connectivity index (χ4v) is 9.64. The SMILES string of the molecule is COC(=O)N[C@@H](C(C)C)C(O)N1CCC[C@H]1c1ncc(-c2ccc3c(c2)Oc2ccc4cc(-c5cnc([C@@H]6CCCN6C(=O)[C@@H](NC(=O)OC)C(C)C)[nH]5)ccc4c2C3(C)C)[nH]1. The van der Waals surface area contributed by atoms with Gasteiger partial charge in [-0.15, -0.1) is 0 Å². The molecule has 0 spiro atoms. The van der Waals surface area contributed by atoms with Gasteiger partial charge >= 0.3 is 12.2 Å². The van der Waals surface area contributed by atoms with Crippen LogP contribution in [0.3, 0.4) is 0 Å². The summed E-state index contributed by atoms with van der Waals surface area (Å²) in [6.07, 6.45) is 4.88. The van der Waals surface area contributed by atoms with Crippen LogP contribution in [0, 0.1) is 11.8 Å². The number of rotatable bonds is 11. The lowest BCUT2D eigenvalue weighted by Gasteiger charge is -2.36. The lowest BCUT2D eigenvalue weighted by molar-refractivity contribution is -0.135. The van der Waals surface area contributed by atoms with Gasteiger partial charge in [0.05, 0.1) is 56.1 Å². The number of methoxy groups -OCH3 is 2. The second kappa shape index (κ2) is 17.1. The number of aliphatic hydroxyl groups is 1. The Labute approximate surface area is 361 Å². The maximum absolute atomic E-state index is 13.7. The Bertz CT molecular complexity index is 2470. The number of aromatic nitrogens is 4. The monoisotopic (exact) mass is 846 g/mol. The van der Waals surface area contributed by atoms with Crippen molar-refractivity contribution < 1.29 is 33.7 Å². The Morgan fingerprint density at radius 2 is 1.44 bits per heavy atom. The average Bonchev–Trinajstić information content (AvgIpc) is 4.10. The molecule has 0 bridgehead atoms. The van der Waals surface area contributed by atoms with Crippen molar-refractivity contribution in [1.82, 2.24) is 40.4 Å². The predicted octanol–water partition coefficient (Wildman–Crippen LogP) is 7.93. The van der Waals surface area contributed by atoms with Crippen LogP contribution < -0.4 is 15.4 Å². The van der Waals surface area contributed by atoms with E-state index in [9.17, 15) is 19.5 Å². The summed E-state index contributed by atoms with van der Waals surface area (Å²) in [6, 6.07) is 15.3. The first-order valence-electron chi connectivity index (χ1n) is 21.6. The quantitative estimate of drug-likeness (QED) is 0.0874. The van der Waals surface area contributed by atoms with Gasteiger partial charge in [-0.3, -0.25) is 9.69 Å². The van der Waals surface area contributed by atoms with Crippen molar-refractivity contribution in [2.45, 2.75) is 103 Å². The first kappa shape index (κ1) is 42.7. The van der Waals surface area contributed by atoms with E-state index in [0.717, 1.165) is 93.2 Å². The molecule has 0 radical (unpaired) electrons. The van der Waals surface area contributed by atoms with Crippen LogP contribution in [0.5, 0.6) is 11.5 Å². The number of fused-ring (bicyclic) bond motifs is 4. The maximum atomic E-state index is 13.7. The molecule has 1 unspecified atom stereocenters. The van der Waals surface area contributed by atoms with E-state index in [0.29, 0.717) is 13.1 Å². The number of carbonyl (C=O) groups excluding carboxylic acids is 3. The molecule has 2 aromatic heterocycles. The highest BCUT2D eigenvalue weighted by Gasteiger charge is 2.40. The minimum absolute atomic E-state index is 0.0214. The largest absolute Gasteiger partial charge is 0.457 e. The first-order valence-corrected chi connectivity index (χ1v) is 21.6. The second-order valence-corrected chi connectivity index (χ2v) is 17.9. The van der Waals surface area contributed by atoms with E-state index in [1.165, 1.54) is 14.2 Å². The number of aliphatic hydroxyl groups excluding tert-OH is 1. The van der Waals surface area contributed by atoms with Gasteiger partial charge in [-0.1, -0.05) is 71.9 Å². The Morgan fingerprint density at radius 1 is 0.806 bits per heavy atom. The molecule has 5 atom stereocenters. The molecule has 3 aromatic carbocycles. The van der Waals surface area contributed by atoms with Gasteiger partial charge in [0.15, 0.2) is 0 Å². The fraction of sp³-hybridized carbons (Fsp3) is 0.468. The number of likely N-dealkylation sites (tertiary alicyclic amines) is 2. The van der Waals surface area contributed by atoms with Gasteiger partial charge in [-0.05, 0) is 66.5 Å². The molecule has 5 N–H and O–H groups in total. The molecule has 5 aromatic rings. The van der Waals surface area contributed by atoms with Crippen molar-refractivity contribution in [3.8, 4) is 34.0 Å². The molecule has 328 valence electrons. The second-order valence-electron chi connectivity index (χ2n) is 17.9. The van der Waals surface area contributed by atoms with Crippen molar-refractivity contribution in [3.05, 3.63) is 83.7 Å². The molecule has 3 aliphatic rings. The minimum Gasteiger partial charge on any atom is -0.457 e. The number of amides is 3. The Balaban J connectivity index is 1.01. The van der Waals surface area contributed by atoms with E-state index in [1.54, 1.807) is 0 Å². The number of alkyl carbamates (subject to hydrolysis) is 2. The van der Waals surface area contributed by atoms with E-state index < -0.39 is 30.5 Å². The van der Waals surface area contributed by atoms with Crippen LogP contribution in [0.1, 0.15) is 102 Å². The summed E-state index contributed by atoms with van der Waals surface area (Å²) in [5.41, 5.74) is 5.41. The molecule has 2 fully saturated rings. The standard InChI is InChI=1S/C47H58N8O7/c1-25(2)39(52-45(58)60-7)43(56)54-19-9-11-34(54)41-48-23-32(50-41)28-13-16-30-27(21-28)15-18-36-38(30)47(5,6)31-17-14-29(22-37(31)62-36)33-24-49-42(51-33)35-12-10-20-55(35)44(57)40(26(3)4)53-46(59)61-8/h13-18,21-26,34-35,39-40,44,57H,9-12,19-20H2,1-8H3,(H,48,50)(H,49,51)(H,52,58)(H,53,59)/t34-,35-,39-,40-,44?/m0/s1. The number of benzene rings is 3. The van der Waals surface area contributed by atoms with Gasteiger partial charge in [0, 0.05) is 40.8 Å². The summed E-state index contributed by atoms with van der Waals surface area (Å²) >= 11 is 0. The smallest absolute Gasteiger partial charge is 0.407 e. The number of ether oxygens (including phenoxy) is 3. The normalized spacial score (nSPS) is 19.8. The molecule has 3 amide bonds. The molecule has 0 aliphatic carbocycles. The topological polar surface area (TPSA) is 187 Å². The summed E-state index contributed by atoms with van der Waals surface area (Å²) < 4.78 is 16.3. The predicted molar refractivity (Wildman–Crippen MR) is 234 cm³/mol. The number of carbonyl (C=O) groups is 3. The van der Waals surface area contributed by atoms with Crippen LogP contribution in [0.25, 0.3) is 33.3 Å². The van der Waals surface area contributed by atoms with Crippen molar-refractivity contribution in [2.75, 3.05) is 27.3 Å². The number of aromatic amines is 2. The van der Waals surface area contributed by atoms with E-state index in [4.69, 9.17) is 24.2 Å².